The van der Waals surface area contributed by atoms with E-state index in [1.807, 2.05) is 68.4 Å². The molecule has 2 heterocycles. The Kier molecular flexibility index (Phi) is 5.98. The number of aromatic nitrogens is 2. The van der Waals surface area contributed by atoms with Crippen LogP contribution in [0.15, 0.2) is 70.6 Å². The van der Waals surface area contributed by atoms with Crippen molar-refractivity contribution in [1.29, 1.82) is 0 Å². The van der Waals surface area contributed by atoms with Gasteiger partial charge in [-0.15, -0.1) is 0 Å². The number of rotatable bonds is 6. The van der Waals surface area contributed by atoms with Gasteiger partial charge in [-0.25, -0.2) is 4.98 Å². The van der Waals surface area contributed by atoms with Crippen molar-refractivity contribution in [2.45, 2.75) is 25.5 Å². The van der Waals surface area contributed by atoms with Crippen molar-refractivity contribution in [3.05, 3.63) is 87.7 Å². The molecular weight excluding hydrogens is 450 g/mol. The monoisotopic (exact) mass is 473 g/mol. The molecule has 0 saturated heterocycles. The molecule has 1 aromatic heterocycles. The van der Waals surface area contributed by atoms with E-state index in [9.17, 15) is 9.59 Å². The quantitative estimate of drug-likeness (QED) is 0.328. The largest absolute Gasteiger partial charge is 0.454 e. The van der Waals surface area contributed by atoms with Crippen molar-refractivity contribution < 1.29 is 14.3 Å². The van der Waals surface area contributed by atoms with Crippen LogP contribution in [-0.4, -0.2) is 28.0 Å². The summed E-state index contributed by atoms with van der Waals surface area (Å²) in [5, 5.41) is 3.98. The molecule has 1 amide bonds. The van der Waals surface area contributed by atoms with Crippen LogP contribution in [0.25, 0.3) is 10.9 Å². The van der Waals surface area contributed by atoms with Crippen LogP contribution >= 0.6 is 11.8 Å². The van der Waals surface area contributed by atoms with Crippen LogP contribution in [0.3, 0.4) is 0 Å². The van der Waals surface area contributed by atoms with Gasteiger partial charge in [0.1, 0.15) is 0 Å². The number of hydrogen-bond acceptors (Lipinski definition) is 6. The summed E-state index contributed by atoms with van der Waals surface area (Å²) >= 11 is 1.24. The maximum absolute atomic E-state index is 13.4. The molecule has 1 N–H and O–H groups in total. The van der Waals surface area contributed by atoms with E-state index in [0.29, 0.717) is 34.1 Å². The summed E-state index contributed by atoms with van der Waals surface area (Å²) in [6, 6.07) is 18.8. The summed E-state index contributed by atoms with van der Waals surface area (Å²) in [4.78, 5) is 30.8. The Bertz CT molecular complexity index is 1460. The molecule has 0 fully saturated rings. The first-order valence-corrected chi connectivity index (χ1v) is 11.8. The molecule has 34 heavy (non-hydrogen) atoms. The lowest BCUT2D eigenvalue weighted by Crippen LogP contribution is -2.25. The normalized spacial score (nSPS) is 12.2. The van der Waals surface area contributed by atoms with Crippen molar-refractivity contribution in [3.63, 3.8) is 0 Å². The van der Waals surface area contributed by atoms with E-state index in [1.165, 1.54) is 11.8 Å². The fraction of sp³-hybridized carbons (Fsp3) is 0.192. The third-order valence-corrected chi connectivity index (χ3v) is 6.58. The number of thioether (sulfide) groups is 1. The molecule has 0 saturated carbocycles. The van der Waals surface area contributed by atoms with Crippen LogP contribution < -0.4 is 20.3 Å². The lowest BCUT2D eigenvalue weighted by molar-refractivity contribution is -0.113. The number of amides is 1. The van der Waals surface area contributed by atoms with E-state index < -0.39 is 0 Å². The summed E-state index contributed by atoms with van der Waals surface area (Å²) in [6.07, 6.45) is 0. The number of ether oxygens (including phenoxy) is 2. The third kappa shape index (κ3) is 4.49. The predicted molar refractivity (Wildman–Crippen MR) is 133 cm³/mol. The highest BCUT2D eigenvalue weighted by Crippen LogP contribution is 2.33. The van der Waals surface area contributed by atoms with Crippen molar-refractivity contribution in [2.24, 2.45) is 0 Å². The van der Waals surface area contributed by atoms with E-state index in [-0.39, 0.29) is 24.0 Å². The van der Waals surface area contributed by atoms with Crippen LogP contribution in [0.1, 0.15) is 16.7 Å². The molecule has 0 spiro atoms. The van der Waals surface area contributed by atoms with Crippen LogP contribution in [0.5, 0.6) is 11.5 Å². The molecule has 1 aliphatic heterocycles. The van der Waals surface area contributed by atoms with Gasteiger partial charge < -0.3 is 14.8 Å². The Morgan fingerprint density at radius 2 is 1.88 bits per heavy atom. The summed E-state index contributed by atoms with van der Waals surface area (Å²) < 4.78 is 12.5. The number of aryl methyl sites for hydroxylation is 2. The lowest BCUT2D eigenvalue weighted by Gasteiger charge is -2.14. The summed E-state index contributed by atoms with van der Waals surface area (Å²) in [6.45, 7) is 4.43. The second-order valence-corrected chi connectivity index (χ2v) is 9.09. The first-order valence-electron chi connectivity index (χ1n) is 10.9. The van der Waals surface area contributed by atoms with Gasteiger partial charge in [-0.05, 0) is 60.9 Å². The number of para-hydroxylation sites is 1. The zero-order chi connectivity index (χ0) is 23.7. The highest BCUT2D eigenvalue weighted by molar-refractivity contribution is 7.99. The SMILES string of the molecule is Cc1ccc(C)c(NC(=O)CSc2nc3ccccc3c(=O)n2Cc2ccc3c(c2)OCO3)c1. The molecule has 8 heteroatoms. The minimum Gasteiger partial charge on any atom is -0.454 e. The smallest absolute Gasteiger partial charge is 0.262 e. The van der Waals surface area contributed by atoms with Gasteiger partial charge in [-0.3, -0.25) is 14.2 Å². The molecule has 0 atom stereocenters. The first kappa shape index (κ1) is 22.0. The van der Waals surface area contributed by atoms with Gasteiger partial charge in [-0.2, -0.15) is 0 Å². The lowest BCUT2D eigenvalue weighted by atomic mass is 10.1. The van der Waals surface area contributed by atoms with E-state index in [0.717, 1.165) is 22.4 Å². The number of hydrogen-bond donors (Lipinski definition) is 1. The number of carbonyl (C=O) groups excluding carboxylic acids is 1. The Balaban J connectivity index is 1.43. The molecule has 4 aromatic rings. The van der Waals surface area contributed by atoms with Gasteiger partial charge in [0.2, 0.25) is 12.7 Å². The highest BCUT2D eigenvalue weighted by atomic mass is 32.2. The number of nitrogens with zero attached hydrogens (tertiary/aromatic N) is 2. The van der Waals surface area contributed by atoms with Crippen molar-refractivity contribution in [2.75, 3.05) is 17.9 Å². The summed E-state index contributed by atoms with van der Waals surface area (Å²) in [5.41, 5.74) is 4.18. The van der Waals surface area contributed by atoms with E-state index >= 15 is 0 Å². The Morgan fingerprint density at radius 1 is 1.06 bits per heavy atom. The molecule has 0 radical (unpaired) electrons. The van der Waals surface area contributed by atoms with E-state index in [1.54, 1.807) is 10.6 Å². The molecular formula is C26H23N3O4S. The average Bonchev–Trinajstić information content (AvgIpc) is 3.30. The van der Waals surface area contributed by atoms with Gasteiger partial charge in [-0.1, -0.05) is 42.1 Å². The number of nitrogens with one attached hydrogen (secondary N) is 1. The second-order valence-electron chi connectivity index (χ2n) is 8.15. The van der Waals surface area contributed by atoms with Crippen LogP contribution in [0, 0.1) is 13.8 Å². The van der Waals surface area contributed by atoms with Gasteiger partial charge in [0.05, 0.1) is 23.2 Å². The van der Waals surface area contributed by atoms with E-state index in [2.05, 4.69) is 5.32 Å². The van der Waals surface area contributed by atoms with Crippen molar-refractivity contribution in [3.8, 4) is 11.5 Å². The average molecular weight is 474 g/mol. The number of benzene rings is 3. The van der Waals surface area contributed by atoms with E-state index in [4.69, 9.17) is 14.5 Å². The highest BCUT2D eigenvalue weighted by Gasteiger charge is 2.17. The van der Waals surface area contributed by atoms with Crippen molar-refractivity contribution in [1.82, 2.24) is 9.55 Å². The Labute approximate surface area is 200 Å². The Morgan fingerprint density at radius 3 is 2.76 bits per heavy atom. The molecule has 0 unspecified atom stereocenters. The molecule has 0 bridgehead atoms. The molecule has 7 nitrogen and oxygen atoms in total. The minimum atomic E-state index is -0.157. The predicted octanol–water partition coefficient (Wildman–Crippen LogP) is 4.52. The zero-order valence-electron chi connectivity index (χ0n) is 18.8. The van der Waals surface area contributed by atoms with Crippen LogP contribution in [0.4, 0.5) is 5.69 Å². The maximum Gasteiger partial charge on any atom is 0.262 e. The fourth-order valence-electron chi connectivity index (χ4n) is 3.81. The van der Waals surface area contributed by atoms with Crippen LogP contribution in [-0.2, 0) is 11.3 Å². The second kappa shape index (κ2) is 9.23. The van der Waals surface area contributed by atoms with Crippen LogP contribution in [0.2, 0.25) is 0 Å². The standard InChI is InChI=1S/C26H23N3O4S/c1-16-7-8-17(2)21(11-16)27-24(30)14-34-26-28-20-6-4-3-5-19(20)25(31)29(26)13-18-9-10-22-23(12-18)33-15-32-22/h3-12H,13-15H2,1-2H3,(H,27,30). The summed E-state index contributed by atoms with van der Waals surface area (Å²) in [5.74, 6) is 1.31. The fourth-order valence-corrected chi connectivity index (χ4v) is 4.60. The molecule has 1 aliphatic rings. The van der Waals surface area contributed by atoms with Gasteiger partial charge in [0.25, 0.3) is 5.56 Å². The third-order valence-electron chi connectivity index (χ3n) is 5.60. The number of fused-ring (bicyclic) bond motifs is 2. The molecule has 3 aromatic carbocycles. The number of anilines is 1. The minimum absolute atomic E-state index is 0.124. The maximum atomic E-state index is 13.4. The molecule has 5 rings (SSSR count). The Hall–Kier alpha value is -3.78. The topological polar surface area (TPSA) is 82.5 Å². The molecule has 172 valence electrons. The van der Waals surface area contributed by atoms with Gasteiger partial charge in [0.15, 0.2) is 16.7 Å². The van der Waals surface area contributed by atoms with Crippen molar-refractivity contribution >= 4 is 34.3 Å². The first-order chi connectivity index (χ1) is 16.5. The molecule has 0 aliphatic carbocycles. The van der Waals surface area contributed by atoms with Gasteiger partial charge >= 0.3 is 0 Å². The van der Waals surface area contributed by atoms with Gasteiger partial charge in [0, 0.05) is 5.69 Å². The number of carbonyl (C=O) groups is 1. The zero-order valence-corrected chi connectivity index (χ0v) is 19.6. The summed E-state index contributed by atoms with van der Waals surface area (Å²) in [7, 11) is 0.